The van der Waals surface area contributed by atoms with Crippen LogP contribution in [0, 0.1) is 0 Å². The molecule has 0 N–H and O–H groups in total. The predicted octanol–water partition coefficient (Wildman–Crippen LogP) is 3.42. The number of nitrogens with zero attached hydrogens (tertiary/aromatic N) is 1. The molecular weight excluding hydrogens is 302 g/mol. The molecule has 1 aliphatic rings. The summed E-state index contributed by atoms with van der Waals surface area (Å²) < 4.78 is -0.104. The van der Waals surface area contributed by atoms with E-state index >= 15 is 0 Å². The van der Waals surface area contributed by atoms with Crippen LogP contribution >= 0.6 is 42.2 Å². The summed E-state index contributed by atoms with van der Waals surface area (Å²) in [7, 11) is 0. The minimum Gasteiger partial charge on any atom is -0.297 e. The molecule has 0 aromatic heterocycles. The number of hydrogen-bond acceptors (Lipinski definition) is 3. The fraction of sp³-hybridized carbons (Fsp3) is 0.500. The molecule has 0 amide bonds. The largest absolute Gasteiger partial charge is 0.297 e. The number of likely N-dealkylation sites (tertiary alicyclic amines) is 1. The highest BCUT2D eigenvalue weighted by molar-refractivity contribution is 8.93. The van der Waals surface area contributed by atoms with Crippen LogP contribution in [0.1, 0.15) is 18.4 Å². The molecule has 2 rings (SSSR count). The molecule has 1 aliphatic heterocycles. The lowest BCUT2D eigenvalue weighted by molar-refractivity contribution is 0.218. The van der Waals surface area contributed by atoms with E-state index in [4.69, 9.17) is 0 Å². The van der Waals surface area contributed by atoms with Gasteiger partial charge >= 0.3 is 0 Å². The summed E-state index contributed by atoms with van der Waals surface area (Å²) in [6.07, 6.45) is 2.30. The van der Waals surface area contributed by atoms with Crippen LogP contribution in [-0.2, 0) is 6.54 Å². The summed E-state index contributed by atoms with van der Waals surface area (Å²) in [6, 6.07) is 10.6. The SMILES string of the molecule is Br.SC1(S)CCCN(Cc2ccccc2)C1. The van der Waals surface area contributed by atoms with Crippen molar-refractivity contribution < 1.29 is 0 Å². The van der Waals surface area contributed by atoms with E-state index in [1.807, 2.05) is 0 Å². The zero-order valence-corrected chi connectivity index (χ0v) is 12.7. The van der Waals surface area contributed by atoms with Crippen LogP contribution in [0.15, 0.2) is 30.3 Å². The first-order valence-corrected chi connectivity index (χ1v) is 6.26. The highest BCUT2D eigenvalue weighted by Gasteiger charge is 2.27. The monoisotopic (exact) mass is 319 g/mol. The molecule has 1 fully saturated rings. The average Bonchev–Trinajstić information content (AvgIpc) is 2.17. The Morgan fingerprint density at radius 3 is 2.50 bits per heavy atom. The Morgan fingerprint density at radius 1 is 1.19 bits per heavy atom. The molecule has 0 radical (unpaired) electrons. The molecule has 1 aromatic carbocycles. The van der Waals surface area contributed by atoms with E-state index in [0.29, 0.717) is 0 Å². The van der Waals surface area contributed by atoms with Gasteiger partial charge in [0.05, 0.1) is 4.08 Å². The van der Waals surface area contributed by atoms with Crippen LogP contribution in [-0.4, -0.2) is 22.1 Å². The molecule has 16 heavy (non-hydrogen) atoms. The number of rotatable bonds is 2. The summed E-state index contributed by atoms with van der Waals surface area (Å²) in [5.74, 6) is 0. The van der Waals surface area contributed by atoms with Gasteiger partial charge in [0.25, 0.3) is 0 Å². The van der Waals surface area contributed by atoms with Crippen molar-refractivity contribution in [2.45, 2.75) is 23.5 Å². The van der Waals surface area contributed by atoms with Crippen LogP contribution in [0.2, 0.25) is 0 Å². The predicted molar refractivity (Wildman–Crippen MR) is 82.0 cm³/mol. The van der Waals surface area contributed by atoms with E-state index in [-0.39, 0.29) is 21.1 Å². The third-order valence-corrected chi connectivity index (χ3v) is 3.51. The molecule has 0 atom stereocenters. The van der Waals surface area contributed by atoms with Gasteiger partial charge in [0.2, 0.25) is 0 Å². The minimum absolute atomic E-state index is 0. The zero-order valence-electron chi connectivity index (χ0n) is 9.17. The van der Waals surface area contributed by atoms with Crippen molar-refractivity contribution in [2.75, 3.05) is 13.1 Å². The van der Waals surface area contributed by atoms with Crippen molar-refractivity contribution in [1.82, 2.24) is 4.90 Å². The lowest BCUT2D eigenvalue weighted by Crippen LogP contribution is -2.40. The van der Waals surface area contributed by atoms with Crippen molar-refractivity contribution >= 4 is 42.2 Å². The smallest absolute Gasteiger partial charge is 0.0678 e. The molecular formula is C12H18BrNS2. The van der Waals surface area contributed by atoms with Crippen LogP contribution in [0.25, 0.3) is 0 Å². The van der Waals surface area contributed by atoms with Crippen LogP contribution in [0.3, 0.4) is 0 Å². The number of halogens is 1. The molecule has 0 aliphatic carbocycles. The zero-order chi connectivity index (χ0) is 10.7. The van der Waals surface area contributed by atoms with E-state index in [1.165, 1.54) is 12.0 Å². The Bertz CT molecular complexity index is 316. The standard InChI is InChI=1S/C12H17NS2.BrH/c14-12(15)7-4-8-13(10-12)9-11-5-2-1-3-6-11;/h1-3,5-6,14-15H,4,7-10H2;1H. The second kappa shape index (κ2) is 6.34. The number of hydrogen-bond donors (Lipinski definition) is 2. The minimum atomic E-state index is -0.104. The third-order valence-electron chi connectivity index (χ3n) is 2.78. The second-order valence-corrected chi connectivity index (χ2v) is 6.35. The Labute approximate surface area is 119 Å². The summed E-state index contributed by atoms with van der Waals surface area (Å²) in [6.45, 7) is 3.15. The maximum absolute atomic E-state index is 4.57. The number of benzene rings is 1. The van der Waals surface area contributed by atoms with E-state index in [9.17, 15) is 0 Å². The third kappa shape index (κ3) is 4.32. The molecule has 0 unspecified atom stereocenters. The first-order chi connectivity index (χ1) is 7.16. The topological polar surface area (TPSA) is 3.24 Å². The molecule has 4 heteroatoms. The van der Waals surface area contributed by atoms with Crippen LogP contribution in [0.5, 0.6) is 0 Å². The van der Waals surface area contributed by atoms with Gasteiger partial charge in [-0.15, -0.1) is 17.0 Å². The van der Waals surface area contributed by atoms with Crippen LogP contribution in [0.4, 0.5) is 0 Å². The van der Waals surface area contributed by atoms with Gasteiger partial charge in [0.1, 0.15) is 0 Å². The first kappa shape index (κ1) is 14.4. The Balaban J connectivity index is 0.00000128. The second-order valence-electron chi connectivity index (χ2n) is 4.28. The van der Waals surface area contributed by atoms with E-state index < -0.39 is 0 Å². The highest BCUT2D eigenvalue weighted by Crippen LogP contribution is 2.31. The van der Waals surface area contributed by atoms with Gasteiger partial charge in [-0.05, 0) is 24.9 Å². The van der Waals surface area contributed by atoms with Gasteiger partial charge in [-0.2, -0.15) is 25.3 Å². The Kier molecular flexibility index (Phi) is 5.71. The van der Waals surface area contributed by atoms with Crippen molar-refractivity contribution in [3.8, 4) is 0 Å². The highest BCUT2D eigenvalue weighted by atomic mass is 79.9. The fourth-order valence-electron chi connectivity index (χ4n) is 2.08. The Morgan fingerprint density at radius 2 is 1.88 bits per heavy atom. The van der Waals surface area contributed by atoms with Crippen molar-refractivity contribution in [2.24, 2.45) is 0 Å². The van der Waals surface area contributed by atoms with Crippen LogP contribution < -0.4 is 0 Å². The van der Waals surface area contributed by atoms with Gasteiger partial charge in [-0.25, -0.2) is 0 Å². The summed E-state index contributed by atoms with van der Waals surface area (Å²) in [4.78, 5) is 2.43. The van der Waals surface area contributed by atoms with Crippen molar-refractivity contribution in [3.63, 3.8) is 0 Å². The van der Waals surface area contributed by atoms with Crippen molar-refractivity contribution in [3.05, 3.63) is 35.9 Å². The normalized spacial score (nSPS) is 20.1. The molecule has 0 saturated carbocycles. The number of thiol groups is 2. The molecule has 90 valence electrons. The molecule has 1 heterocycles. The number of piperidine rings is 1. The van der Waals surface area contributed by atoms with Gasteiger partial charge in [-0.1, -0.05) is 30.3 Å². The van der Waals surface area contributed by atoms with Gasteiger partial charge < -0.3 is 0 Å². The molecule has 1 nitrogen and oxygen atoms in total. The lowest BCUT2D eigenvalue weighted by Gasteiger charge is -2.36. The quantitative estimate of drug-likeness (QED) is 0.624. The Hall–Kier alpha value is 0.360. The van der Waals surface area contributed by atoms with E-state index in [1.54, 1.807) is 0 Å². The maximum atomic E-state index is 4.57. The van der Waals surface area contributed by atoms with E-state index in [0.717, 1.165) is 26.1 Å². The summed E-state index contributed by atoms with van der Waals surface area (Å²) in [5, 5.41) is 0. The fourth-order valence-corrected chi connectivity index (χ4v) is 2.79. The summed E-state index contributed by atoms with van der Waals surface area (Å²) >= 11 is 9.13. The summed E-state index contributed by atoms with van der Waals surface area (Å²) in [5.41, 5.74) is 1.37. The first-order valence-electron chi connectivity index (χ1n) is 5.37. The van der Waals surface area contributed by atoms with Crippen molar-refractivity contribution in [1.29, 1.82) is 0 Å². The molecule has 0 bridgehead atoms. The molecule has 1 saturated heterocycles. The molecule has 0 spiro atoms. The van der Waals surface area contributed by atoms with Gasteiger partial charge in [0.15, 0.2) is 0 Å². The van der Waals surface area contributed by atoms with Gasteiger partial charge in [0, 0.05) is 13.1 Å². The lowest BCUT2D eigenvalue weighted by atomic mass is 10.1. The molecule has 1 aromatic rings. The van der Waals surface area contributed by atoms with Gasteiger partial charge in [-0.3, -0.25) is 4.90 Å². The maximum Gasteiger partial charge on any atom is 0.0678 e. The average molecular weight is 320 g/mol. The van der Waals surface area contributed by atoms with E-state index in [2.05, 4.69) is 60.5 Å².